The molecule has 2 aromatic heterocycles. The van der Waals surface area contributed by atoms with Crippen LogP contribution in [0, 0.1) is 13.8 Å². The summed E-state index contributed by atoms with van der Waals surface area (Å²) in [5, 5.41) is 3.57. The van der Waals surface area contributed by atoms with Gasteiger partial charge in [0.15, 0.2) is 5.16 Å². The van der Waals surface area contributed by atoms with E-state index in [9.17, 15) is 9.59 Å². The third-order valence-corrected chi connectivity index (χ3v) is 6.38. The molecule has 2 amide bonds. The van der Waals surface area contributed by atoms with Gasteiger partial charge in [-0.1, -0.05) is 41.6 Å². The zero-order valence-electron chi connectivity index (χ0n) is 19.3. The Morgan fingerprint density at radius 1 is 1.12 bits per heavy atom. The van der Waals surface area contributed by atoms with Crippen molar-refractivity contribution < 1.29 is 14.0 Å². The van der Waals surface area contributed by atoms with Gasteiger partial charge < -0.3 is 14.6 Å². The maximum absolute atomic E-state index is 13.0. The Labute approximate surface area is 202 Å². The monoisotopic (exact) mass is 474 g/mol. The molecule has 174 valence electrons. The Morgan fingerprint density at radius 2 is 1.94 bits per heavy atom. The van der Waals surface area contributed by atoms with Crippen molar-refractivity contribution in [3.8, 4) is 5.69 Å². The lowest BCUT2D eigenvalue weighted by atomic mass is 10.1. The van der Waals surface area contributed by atoms with E-state index in [1.54, 1.807) is 49.8 Å². The molecule has 0 fully saturated rings. The summed E-state index contributed by atoms with van der Waals surface area (Å²) in [6.07, 6.45) is 5.19. The molecule has 2 heterocycles. The number of thioether (sulfide) groups is 1. The third-order valence-electron chi connectivity index (χ3n) is 5.43. The van der Waals surface area contributed by atoms with Crippen LogP contribution in [-0.2, 0) is 11.3 Å². The lowest BCUT2D eigenvalue weighted by Gasteiger charge is -2.20. The van der Waals surface area contributed by atoms with Crippen LogP contribution in [0.4, 0.5) is 5.69 Å². The predicted molar refractivity (Wildman–Crippen MR) is 133 cm³/mol. The first-order valence-corrected chi connectivity index (χ1v) is 11.8. The van der Waals surface area contributed by atoms with Gasteiger partial charge >= 0.3 is 0 Å². The zero-order chi connectivity index (χ0) is 24.1. The zero-order valence-corrected chi connectivity index (χ0v) is 20.1. The van der Waals surface area contributed by atoms with E-state index in [0.29, 0.717) is 17.0 Å². The summed E-state index contributed by atoms with van der Waals surface area (Å²) in [5.74, 6) is 0.433. The topological polar surface area (TPSA) is 80.4 Å². The number of anilines is 1. The molecule has 34 heavy (non-hydrogen) atoms. The van der Waals surface area contributed by atoms with E-state index >= 15 is 0 Å². The van der Waals surface area contributed by atoms with E-state index in [-0.39, 0.29) is 24.1 Å². The van der Waals surface area contributed by atoms with E-state index in [2.05, 4.69) is 42.3 Å². The van der Waals surface area contributed by atoms with Crippen molar-refractivity contribution in [1.82, 2.24) is 14.9 Å². The molecule has 0 atom stereocenters. The predicted octanol–water partition coefficient (Wildman–Crippen LogP) is 4.77. The summed E-state index contributed by atoms with van der Waals surface area (Å²) < 4.78 is 7.26. The van der Waals surface area contributed by atoms with E-state index in [0.717, 1.165) is 16.4 Å². The lowest BCUT2D eigenvalue weighted by molar-refractivity contribution is -0.115. The Bertz CT molecular complexity index is 1300. The second kappa shape index (κ2) is 10.4. The van der Waals surface area contributed by atoms with Gasteiger partial charge in [-0.05, 0) is 49.7 Å². The molecule has 7 nitrogen and oxygen atoms in total. The average molecular weight is 475 g/mol. The molecule has 1 N–H and O–H groups in total. The quantitative estimate of drug-likeness (QED) is 0.372. The van der Waals surface area contributed by atoms with E-state index in [4.69, 9.17) is 4.42 Å². The molecular formula is C26H26N4O3S. The van der Waals surface area contributed by atoms with Gasteiger partial charge in [0.25, 0.3) is 5.91 Å². The van der Waals surface area contributed by atoms with Gasteiger partial charge in [-0.25, -0.2) is 4.98 Å². The largest absolute Gasteiger partial charge is 0.467 e. The van der Waals surface area contributed by atoms with E-state index in [1.165, 1.54) is 22.2 Å². The first kappa shape index (κ1) is 23.4. The summed E-state index contributed by atoms with van der Waals surface area (Å²) in [7, 11) is 1.68. The number of nitrogens with one attached hydrogen (secondary N) is 1. The number of para-hydroxylation sites is 1. The van der Waals surface area contributed by atoms with Crippen molar-refractivity contribution in [2.75, 3.05) is 17.7 Å². The highest BCUT2D eigenvalue weighted by atomic mass is 32.2. The SMILES string of the molecule is Cc1ccc(-n2ccnc2SCC(=O)N(C)c2ccccc2C(=O)NCc2ccco2)c(C)c1. The number of hydrogen-bond donors (Lipinski definition) is 1. The number of hydrogen-bond acceptors (Lipinski definition) is 5. The fourth-order valence-electron chi connectivity index (χ4n) is 3.65. The Balaban J connectivity index is 1.44. The van der Waals surface area contributed by atoms with Crippen molar-refractivity contribution in [1.29, 1.82) is 0 Å². The molecule has 0 unspecified atom stereocenters. The van der Waals surface area contributed by atoms with Crippen molar-refractivity contribution >= 4 is 29.3 Å². The molecule has 4 rings (SSSR count). The summed E-state index contributed by atoms with van der Waals surface area (Å²) in [4.78, 5) is 31.8. The highest BCUT2D eigenvalue weighted by Crippen LogP contribution is 2.25. The van der Waals surface area contributed by atoms with Crippen LogP contribution in [0.25, 0.3) is 5.69 Å². The van der Waals surface area contributed by atoms with E-state index < -0.39 is 0 Å². The third kappa shape index (κ3) is 5.23. The summed E-state index contributed by atoms with van der Waals surface area (Å²) in [6.45, 7) is 4.39. The Kier molecular flexibility index (Phi) is 7.18. The number of benzene rings is 2. The molecule has 0 aliphatic rings. The fraction of sp³-hybridized carbons (Fsp3) is 0.192. The summed E-state index contributed by atoms with van der Waals surface area (Å²) in [5.41, 5.74) is 4.33. The number of aryl methyl sites for hydroxylation is 2. The number of imidazole rings is 1. The first-order chi connectivity index (χ1) is 16.4. The van der Waals surface area contributed by atoms with Crippen LogP contribution in [0.1, 0.15) is 27.2 Å². The van der Waals surface area contributed by atoms with Gasteiger partial charge in [0.05, 0.1) is 35.5 Å². The van der Waals surface area contributed by atoms with Crippen molar-refractivity contribution in [3.05, 3.63) is 95.7 Å². The molecular weight excluding hydrogens is 448 g/mol. The minimum absolute atomic E-state index is 0.133. The van der Waals surface area contributed by atoms with Gasteiger partial charge in [0.2, 0.25) is 5.91 Å². The molecule has 0 radical (unpaired) electrons. The molecule has 0 aliphatic carbocycles. The molecule has 4 aromatic rings. The van der Waals surface area contributed by atoms with Crippen LogP contribution in [-0.4, -0.2) is 34.2 Å². The number of nitrogens with zero attached hydrogens (tertiary/aromatic N) is 3. The molecule has 8 heteroatoms. The number of carbonyl (C=O) groups is 2. The van der Waals surface area contributed by atoms with Crippen LogP contribution < -0.4 is 10.2 Å². The smallest absolute Gasteiger partial charge is 0.253 e. The standard InChI is InChI=1S/C26H26N4O3S/c1-18-10-11-22(19(2)15-18)30-13-12-27-26(30)34-17-24(31)29(3)23-9-5-4-8-21(23)25(32)28-16-20-7-6-14-33-20/h4-15H,16-17H2,1-3H3,(H,28,32). The number of rotatable bonds is 8. The van der Waals surface area contributed by atoms with E-state index in [1.807, 2.05) is 16.8 Å². The number of furan rings is 1. The van der Waals surface area contributed by atoms with Gasteiger partial charge in [0, 0.05) is 19.4 Å². The fourth-order valence-corrected chi connectivity index (χ4v) is 4.53. The first-order valence-electron chi connectivity index (χ1n) is 10.8. The normalized spacial score (nSPS) is 10.8. The number of aromatic nitrogens is 2. The lowest BCUT2D eigenvalue weighted by Crippen LogP contribution is -2.31. The minimum atomic E-state index is -0.273. The van der Waals surface area contributed by atoms with Crippen molar-refractivity contribution in [3.63, 3.8) is 0 Å². The molecule has 2 aromatic carbocycles. The molecule has 0 bridgehead atoms. The molecule has 0 saturated heterocycles. The summed E-state index contributed by atoms with van der Waals surface area (Å²) in [6, 6.07) is 16.9. The summed E-state index contributed by atoms with van der Waals surface area (Å²) >= 11 is 1.36. The highest BCUT2D eigenvalue weighted by molar-refractivity contribution is 7.99. The second-order valence-corrected chi connectivity index (χ2v) is 8.83. The van der Waals surface area contributed by atoms with Crippen LogP contribution in [0.3, 0.4) is 0 Å². The van der Waals surface area contributed by atoms with Gasteiger partial charge in [-0.3, -0.25) is 14.2 Å². The second-order valence-electron chi connectivity index (χ2n) is 7.89. The average Bonchev–Trinajstić information content (AvgIpc) is 3.53. The maximum Gasteiger partial charge on any atom is 0.253 e. The van der Waals surface area contributed by atoms with Crippen LogP contribution in [0.2, 0.25) is 0 Å². The maximum atomic E-state index is 13.0. The van der Waals surface area contributed by atoms with Gasteiger partial charge in [0.1, 0.15) is 5.76 Å². The van der Waals surface area contributed by atoms with Gasteiger partial charge in [-0.2, -0.15) is 0 Å². The molecule has 0 spiro atoms. The minimum Gasteiger partial charge on any atom is -0.467 e. The highest BCUT2D eigenvalue weighted by Gasteiger charge is 2.20. The van der Waals surface area contributed by atoms with Crippen LogP contribution in [0.15, 0.2) is 82.8 Å². The Hall–Kier alpha value is -3.78. The Morgan fingerprint density at radius 3 is 2.71 bits per heavy atom. The number of carbonyl (C=O) groups excluding carboxylic acids is 2. The van der Waals surface area contributed by atoms with Crippen molar-refractivity contribution in [2.45, 2.75) is 25.5 Å². The molecule has 0 aliphatic heterocycles. The van der Waals surface area contributed by atoms with Crippen LogP contribution >= 0.6 is 11.8 Å². The number of amides is 2. The van der Waals surface area contributed by atoms with Crippen LogP contribution in [0.5, 0.6) is 0 Å². The molecule has 0 saturated carbocycles. The van der Waals surface area contributed by atoms with Gasteiger partial charge in [-0.15, -0.1) is 0 Å². The van der Waals surface area contributed by atoms with Crippen molar-refractivity contribution in [2.24, 2.45) is 0 Å².